The lowest BCUT2D eigenvalue weighted by molar-refractivity contribution is -0.183. The molecule has 0 saturated heterocycles. The highest BCUT2D eigenvalue weighted by atomic mass is 16.6. The van der Waals surface area contributed by atoms with Gasteiger partial charge in [0.2, 0.25) is 11.4 Å². The van der Waals surface area contributed by atoms with Crippen molar-refractivity contribution in [2.24, 2.45) is 5.92 Å². The lowest BCUT2D eigenvalue weighted by Crippen LogP contribution is -2.70. The van der Waals surface area contributed by atoms with Crippen molar-refractivity contribution in [2.75, 3.05) is 14.1 Å². The summed E-state index contributed by atoms with van der Waals surface area (Å²) in [6.07, 6.45) is -0.907. The summed E-state index contributed by atoms with van der Waals surface area (Å²) < 4.78 is 5.15. The number of hydrogen-bond donors (Lipinski definition) is 3. The molecule has 0 aromatic carbocycles. The number of rotatable bonds is 10. The molecular weight excluding hydrogens is 392 g/mol. The standard InChI is InChI=1S/C21H38N2O7/c1-11-12(2)14(22-9)15(25)20(7,23(10)16(26)13(3)24)17(27)21(8,29)18(28)30-19(4,5)6/h12-14,22,24,29H,11H2,1-10H3/t12-,13+,14-,20+,21-/m0/s1. The molecule has 0 unspecified atom stereocenters. The fourth-order valence-corrected chi connectivity index (χ4v) is 3.09. The number of nitrogens with zero attached hydrogens (tertiary/aromatic N) is 1. The first kappa shape index (κ1) is 28.2. The normalized spacial score (nSPS) is 18.9. The molecule has 0 aromatic heterocycles. The molecule has 174 valence electrons. The Morgan fingerprint density at radius 3 is 1.87 bits per heavy atom. The van der Waals surface area contributed by atoms with Crippen LogP contribution in [0.4, 0.5) is 0 Å². The Morgan fingerprint density at radius 2 is 1.53 bits per heavy atom. The van der Waals surface area contributed by atoms with E-state index in [-0.39, 0.29) is 5.92 Å². The number of likely N-dealkylation sites (N-methyl/N-ethyl adjacent to an activating group) is 2. The van der Waals surface area contributed by atoms with Crippen LogP contribution < -0.4 is 5.32 Å². The molecule has 3 N–H and O–H groups in total. The fraction of sp³-hybridized carbons (Fsp3) is 0.810. The number of hydrogen-bond acceptors (Lipinski definition) is 8. The highest BCUT2D eigenvalue weighted by Gasteiger charge is 2.58. The van der Waals surface area contributed by atoms with Gasteiger partial charge in [0, 0.05) is 7.05 Å². The van der Waals surface area contributed by atoms with Crippen LogP contribution in [0.2, 0.25) is 0 Å². The average molecular weight is 431 g/mol. The minimum absolute atomic E-state index is 0.212. The van der Waals surface area contributed by atoms with Gasteiger partial charge in [-0.2, -0.15) is 0 Å². The number of carbonyl (C=O) groups excluding carboxylic acids is 4. The van der Waals surface area contributed by atoms with Crippen LogP contribution in [-0.2, 0) is 23.9 Å². The van der Waals surface area contributed by atoms with Crippen molar-refractivity contribution in [1.29, 1.82) is 0 Å². The maximum atomic E-state index is 13.5. The summed E-state index contributed by atoms with van der Waals surface area (Å²) in [5.74, 6) is -4.27. The first-order valence-electron chi connectivity index (χ1n) is 10.1. The highest BCUT2D eigenvalue weighted by molar-refractivity contribution is 6.23. The average Bonchev–Trinajstić information content (AvgIpc) is 2.63. The van der Waals surface area contributed by atoms with E-state index in [2.05, 4.69) is 5.32 Å². The van der Waals surface area contributed by atoms with E-state index in [1.165, 1.54) is 20.9 Å². The van der Waals surface area contributed by atoms with E-state index >= 15 is 0 Å². The molecule has 0 rings (SSSR count). The molecule has 0 aliphatic heterocycles. The molecule has 0 radical (unpaired) electrons. The van der Waals surface area contributed by atoms with Crippen LogP contribution in [0, 0.1) is 5.92 Å². The highest BCUT2D eigenvalue weighted by Crippen LogP contribution is 2.29. The van der Waals surface area contributed by atoms with Gasteiger partial charge in [-0.15, -0.1) is 0 Å². The summed E-state index contributed by atoms with van der Waals surface area (Å²) >= 11 is 0. The molecule has 0 spiro atoms. The molecular formula is C21H38N2O7. The van der Waals surface area contributed by atoms with Gasteiger partial charge in [-0.05, 0) is 54.5 Å². The predicted octanol–water partition coefficient (Wildman–Crippen LogP) is 0.449. The number of amides is 1. The third-order valence-electron chi connectivity index (χ3n) is 5.33. The predicted molar refractivity (Wildman–Crippen MR) is 112 cm³/mol. The molecule has 0 aromatic rings. The van der Waals surface area contributed by atoms with Crippen molar-refractivity contribution in [3.63, 3.8) is 0 Å². The van der Waals surface area contributed by atoms with Crippen molar-refractivity contribution >= 4 is 23.4 Å². The minimum Gasteiger partial charge on any atom is -0.457 e. The zero-order valence-electron chi connectivity index (χ0n) is 19.8. The number of Topliss-reactive ketones (excluding diaryl/α,β-unsaturated/α-hetero) is 2. The number of aliphatic hydroxyl groups excluding tert-OH is 1. The van der Waals surface area contributed by atoms with Crippen molar-refractivity contribution < 1.29 is 34.1 Å². The summed E-state index contributed by atoms with van der Waals surface area (Å²) in [6, 6.07) is -0.845. The third-order valence-corrected chi connectivity index (χ3v) is 5.33. The van der Waals surface area contributed by atoms with Crippen LogP contribution in [0.1, 0.15) is 61.8 Å². The molecule has 0 aliphatic carbocycles. The quantitative estimate of drug-likeness (QED) is 0.336. The molecule has 9 nitrogen and oxygen atoms in total. The molecule has 9 heteroatoms. The minimum atomic E-state index is -2.71. The molecule has 30 heavy (non-hydrogen) atoms. The van der Waals surface area contributed by atoms with Crippen LogP contribution in [0.3, 0.4) is 0 Å². The lowest BCUT2D eigenvalue weighted by atomic mass is 9.75. The molecule has 0 fully saturated rings. The number of ether oxygens (including phenoxy) is 1. The van der Waals surface area contributed by atoms with E-state index in [9.17, 15) is 29.4 Å². The maximum Gasteiger partial charge on any atom is 0.346 e. The number of aliphatic hydroxyl groups is 2. The molecule has 0 heterocycles. The second kappa shape index (κ2) is 9.98. The van der Waals surface area contributed by atoms with E-state index in [0.29, 0.717) is 6.42 Å². The van der Waals surface area contributed by atoms with Gasteiger partial charge in [0.15, 0.2) is 11.3 Å². The second-order valence-corrected chi connectivity index (χ2v) is 9.06. The first-order valence-corrected chi connectivity index (χ1v) is 10.1. The van der Waals surface area contributed by atoms with Gasteiger partial charge < -0.3 is 25.2 Å². The molecule has 0 saturated carbocycles. The zero-order chi connectivity index (χ0) is 24.2. The summed E-state index contributed by atoms with van der Waals surface area (Å²) in [6.45, 7) is 11.7. The van der Waals surface area contributed by atoms with Gasteiger partial charge in [0.1, 0.15) is 11.7 Å². The summed E-state index contributed by atoms with van der Waals surface area (Å²) in [5, 5.41) is 23.4. The van der Waals surface area contributed by atoms with Crippen LogP contribution >= 0.6 is 0 Å². The SMILES string of the molecule is CC[C@H](C)[C@H](NC)C(=O)[C@](C)(C(=O)[C@](C)(O)C(=O)OC(C)(C)C)N(C)C(=O)[C@@H](C)O. The molecule has 5 atom stereocenters. The number of ketones is 2. The molecule has 1 amide bonds. The van der Waals surface area contributed by atoms with Gasteiger partial charge in [-0.25, -0.2) is 4.79 Å². The maximum absolute atomic E-state index is 13.5. The van der Waals surface area contributed by atoms with Crippen molar-refractivity contribution in [3.05, 3.63) is 0 Å². The number of nitrogens with one attached hydrogen (secondary N) is 1. The second-order valence-electron chi connectivity index (χ2n) is 9.06. The fourth-order valence-electron chi connectivity index (χ4n) is 3.09. The zero-order valence-corrected chi connectivity index (χ0v) is 19.8. The Balaban J connectivity index is 6.56. The largest absolute Gasteiger partial charge is 0.457 e. The van der Waals surface area contributed by atoms with Gasteiger partial charge in [0.05, 0.1) is 6.04 Å². The lowest BCUT2D eigenvalue weighted by Gasteiger charge is -2.42. The van der Waals surface area contributed by atoms with E-state index < -0.39 is 52.3 Å². The number of carbonyl (C=O) groups is 4. The Kier molecular flexibility index (Phi) is 9.37. The van der Waals surface area contributed by atoms with Crippen LogP contribution in [0.25, 0.3) is 0 Å². The first-order chi connectivity index (χ1) is 13.4. The van der Waals surface area contributed by atoms with E-state index in [0.717, 1.165) is 11.8 Å². The van der Waals surface area contributed by atoms with Gasteiger partial charge >= 0.3 is 5.97 Å². The summed E-state index contributed by atoms with van der Waals surface area (Å²) in [5.41, 5.74) is -5.95. The monoisotopic (exact) mass is 430 g/mol. The van der Waals surface area contributed by atoms with Crippen LogP contribution in [0.15, 0.2) is 0 Å². The summed E-state index contributed by atoms with van der Waals surface area (Å²) in [7, 11) is 2.72. The van der Waals surface area contributed by atoms with Crippen LogP contribution in [0.5, 0.6) is 0 Å². The van der Waals surface area contributed by atoms with Crippen molar-refractivity contribution in [2.45, 2.75) is 90.7 Å². The third kappa shape index (κ3) is 5.86. The Labute approximate surface area is 179 Å². The Hall–Kier alpha value is -1.84. The Morgan fingerprint density at radius 1 is 1.07 bits per heavy atom. The van der Waals surface area contributed by atoms with E-state index in [4.69, 9.17) is 4.74 Å². The topological polar surface area (TPSA) is 133 Å². The summed E-state index contributed by atoms with van der Waals surface area (Å²) in [4.78, 5) is 52.9. The van der Waals surface area contributed by atoms with Gasteiger partial charge in [-0.1, -0.05) is 20.3 Å². The van der Waals surface area contributed by atoms with Crippen molar-refractivity contribution in [3.8, 4) is 0 Å². The van der Waals surface area contributed by atoms with Gasteiger partial charge in [-0.3, -0.25) is 14.4 Å². The Bertz CT molecular complexity index is 667. The number of esters is 1. The van der Waals surface area contributed by atoms with Gasteiger partial charge in [0.25, 0.3) is 5.91 Å². The molecule has 0 aliphatic rings. The van der Waals surface area contributed by atoms with E-state index in [1.807, 2.05) is 6.92 Å². The molecule has 0 bridgehead atoms. The van der Waals surface area contributed by atoms with Crippen molar-refractivity contribution in [1.82, 2.24) is 10.2 Å². The van der Waals surface area contributed by atoms with Crippen LogP contribution in [-0.4, -0.2) is 81.5 Å². The van der Waals surface area contributed by atoms with E-state index in [1.54, 1.807) is 34.7 Å². The smallest absolute Gasteiger partial charge is 0.346 e.